The summed E-state index contributed by atoms with van der Waals surface area (Å²) in [6.07, 6.45) is 6.99. The summed E-state index contributed by atoms with van der Waals surface area (Å²) in [5.41, 5.74) is 3.65. The second-order valence-electron chi connectivity index (χ2n) is 8.50. The molecule has 0 radical (unpaired) electrons. The van der Waals surface area contributed by atoms with E-state index >= 15 is 0 Å². The number of amides is 2. The van der Waals surface area contributed by atoms with Crippen LogP contribution in [0.25, 0.3) is 0 Å². The molecule has 32 heavy (non-hydrogen) atoms. The van der Waals surface area contributed by atoms with Crippen molar-refractivity contribution in [2.75, 3.05) is 10.2 Å². The molecule has 1 aliphatic carbocycles. The van der Waals surface area contributed by atoms with Crippen molar-refractivity contribution < 1.29 is 14.0 Å². The topological polar surface area (TPSA) is 75.4 Å². The first-order chi connectivity index (χ1) is 15.5. The Balaban J connectivity index is 1.47. The second kappa shape index (κ2) is 10.1. The van der Waals surface area contributed by atoms with Crippen LogP contribution in [0.1, 0.15) is 54.7 Å². The number of aryl methyl sites for hydroxylation is 2. The molecular weight excluding hydrogens is 422 g/mol. The Bertz CT molecular complexity index is 1070. The van der Waals surface area contributed by atoms with Crippen LogP contribution in [-0.2, 0) is 22.6 Å². The molecule has 2 aromatic heterocycles. The number of rotatable bonds is 7. The van der Waals surface area contributed by atoms with Gasteiger partial charge in [0.1, 0.15) is 5.76 Å². The molecule has 0 spiro atoms. The lowest BCUT2D eigenvalue weighted by molar-refractivity contribution is -0.123. The van der Waals surface area contributed by atoms with E-state index in [0.717, 1.165) is 48.3 Å². The van der Waals surface area contributed by atoms with Crippen LogP contribution in [0.4, 0.5) is 10.8 Å². The van der Waals surface area contributed by atoms with Gasteiger partial charge in [-0.3, -0.25) is 14.5 Å². The summed E-state index contributed by atoms with van der Waals surface area (Å²) in [7, 11) is 0. The molecule has 1 aromatic carbocycles. The molecule has 2 amide bonds. The lowest BCUT2D eigenvalue weighted by atomic mass is 9.88. The van der Waals surface area contributed by atoms with E-state index in [2.05, 4.69) is 10.3 Å². The zero-order valence-electron chi connectivity index (χ0n) is 18.6. The zero-order valence-corrected chi connectivity index (χ0v) is 19.4. The van der Waals surface area contributed by atoms with Crippen molar-refractivity contribution in [2.45, 2.75) is 58.9 Å². The monoisotopic (exact) mass is 451 g/mol. The van der Waals surface area contributed by atoms with Crippen LogP contribution < -0.4 is 10.2 Å². The van der Waals surface area contributed by atoms with E-state index < -0.39 is 0 Å². The number of hydrogen-bond acceptors (Lipinski definition) is 5. The average molecular weight is 452 g/mol. The van der Waals surface area contributed by atoms with E-state index in [0.29, 0.717) is 17.4 Å². The predicted molar refractivity (Wildman–Crippen MR) is 127 cm³/mol. The Morgan fingerprint density at radius 3 is 2.72 bits per heavy atom. The largest absolute Gasteiger partial charge is 0.467 e. The molecule has 4 rings (SSSR count). The number of carbonyl (C=O) groups is 2. The van der Waals surface area contributed by atoms with Crippen molar-refractivity contribution >= 4 is 34.0 Å². The van der Waals surface area contributed by atoms with Crippen LogP contribution in [0.5, 0.6) is 0 Å². The fourth-order valence-corrected chi connectivity index (χ4v) is 5.01. The first kappa shape index (κ1) is 22.3. The summed E-state index contributed by atoms with van der Waals surface area (Å²) in [5, 5.41) is 5.44. The third-order valence-corrected chi connectivity index (χ3v) is 6.80. The van der Waals surface area contributed by atoms with E-state index in [9.17, 15) is 9.59 Å². The molecule has 3 aromatic rings. The van der Waals surface area contributed by atoms with Crippen LogP contribution in [0, 0.1) is 19.8 Å². The van der Waals surface area contributed by atoms with Gasteiger partial charge in [0.15, 0.2) is 5.13 Å². The number of aromatic nitrogens is 1. The third kappa shape index (κ3) is 5.46. The first-order valence-electron chi connectivity index (χ1n) is 11.1. The van der Waals surface area contributed by atoms with Gasteiger partial charge in [-0.2, -0.15) is 0 Å². The number of furan rings is 1. The Hall–Kier alpha value is -2.93. The molecule has 0 saturated heterocycles. The van der Waals surface area contributed by atoms with Crippen LogP contribution in [0.15, 0.2) is 46.4 Å². The molecule has 1 saturated carbocycles. The van der Waals surface area contributed by atoms with Gasteiger partial charge in [-0.1, -0.05) is 37.0 Å². The second-order valence-corrected chi connectivity index (χ2v) is 9.34. The van der Waals surface area contributed by atoms with Crippen molar-refractivity contribution in [3.8, 4) is 0 Å². The smallest absolute Gasteiger partial charge is 0.232 e. The van der Waals surface area contributed by atoms with Gasteiger partial charge in [0.05, 0.1) is 24.9 Å². The maximum Gasteiger partial charge on any atom is 0.232 e. The number of nitrogens with one attached hydrogen (secondary N) is 1. The molecule has 0 atom stereocenters. The van der Waals surface area contributed by atoms with Gasteiger partial charge < -0.3 is 9.73 Å². The SMILES string of the molecule is Cc1ccc(NC(=O)Cc2csc(N(Cc3ccco3)C(=O)C3CCCCC3)n2)c(C)c1. The molecule has 168 valence electrons. The predicted octanol–water partition coefficient (Wildman–Crippen LogP) is 5.65. The minimum absolute atomic E-state index is 0.0267. The summed E-state index contributed by atoms with van der Waals surface area (Å²) in [6, 6.07) is 9.63. The molecular formula is C25H29N3O3S. The van der Waals surface area contributed by atoms with Gasteiger partial charge in [-0.15, -0.1) is 11.3 Å². The summed E-state index contributed by atoms with van der Waals surface area (Å²) < 4.78 is 5.50. The van der Waals surface area contributed by atoms with Crippen molar-refractivity contribution in [3.05, 3.63) is 64.6 Å². The molecule has 6 nitrogen and oxygen atoms in total. The fourth-order valence-electron chi connectivity index (χ4n) is 4.18. The van der Waals surface area contributed by atoms with Crippen molar-refractivity contribution in [1.29, 1.82) is 0 Å². The quantitative estimate of drug-likeness (QED) is 0.504. The molecule has 0 aliphatic heterocycles. The normalized spacial score (nSPS) is 14.3. The van der Waals surface area contributed by atoms with Gasteiger partial charge in [0, 0.05) is 17.0 Å². The van der Waals surface area contributed by atoms with Crippen LogP contribution in [0.2, 0.25) is 0 Å². The first-order valence-corrected chi connectivity index (χ1v) is 12.0. The number of hydrogen-bond donors (Lipinski definition) is 1. The highest BCUT2D eigenvalue weighted by atomic mass is 32.1. The maximum atomic E-state index is 13.3. The Morgan fingerprint density at radius 1 is 1.19 bits per heavy atom. The molecule has 0 unspecified atom stereocenters. The number of benzene rings is 1. The van der Waals surface area contributed by atoms with E-state index in [1.807, 2.05) is 49.6 Å². The van der Waals surface area contributed by atoms with Crippen molar-refractivity contribution in [3.63, 3.8) is 0 Å². The molecule has 1 N–H and O–H groups in total. The molecule has 1 aliphatic rings. The summed E-state index contributed by atoms with van der Waals surface area (Å²) in [4.78, 5) is 32.3. The number of thiazole rings is 1. The van der Waals surface area contributed by atoms with Gasteiger partial charge >= 0.3 is 0 Å². The van der Waals surface area contributed by atoms with Crippen LogP contribution >= 0.6 is 11.3 Å². The number of carbonyl (C=O) groups excluding carboxylic acids is 2. The zero-order chi connectivity index (χ0) is 22.5. The van der Waals surface area contributed by atoms with Gasteiger partial charge in [-0.25, -0.2) is 4.98 Å². The number of anilines is 2. The number of nitrogens with zero attached hydrogens (tertiary/aromatic N) is 2. The van der Waals surface area contributed by atoms with E-state index in [-0.39, 0.29) is 24.2 Å². The fraction of sp³-hybridized carbons (Fsp3) is 0.400. The van der Waals surface area contributed by atoms with Gasteiger partial charge in [0.2, 0.25) is 11.8 Å². The highest BCUT2D eigenvalue weighted by molar-refractivity contribution is 7.14. The van der Waals surface area contributed by atoms with Gasteiger partial charge in [-0.05, 0) is 50.5 Å². The Kier molecular flexibility index (Phi) is 7.05. The molecule has 7 heteroatoms. The van der Waals surface area contributed by atoms with E-state index in [1.54, 1.807) is 11.2 Å². The van der Waals surface area contributed by atoms with E-state index in [4.69, 9.17) is 4.42 Å². The Labute approximate surface area is 192 Å². The lowest BCUT2D eigenvalue weighted by Crippen LogP contribution is -2.36. The summed E-state index contributed by atoms with van der Waals surface area (Å²) in [5.74, 6) is 0.726. The third-order valence-electron chi connectivity index (χ3n) is 5.88. The molecule has 2 heterocycles. The van der Waals surface area contributed by atoms with Crippen molar-refractivity contribution in [1.82, 2.24) is 4.98 Å². The standard InChI is InChI=1S/C25H29N3O3S/c1-17-10-11-22(18(2)13-17)27-23(29)14-20-16-32-25(26-20)28(15-21-9-6-12-31-21)24(30)19-7-4-3-5-8-19/h6,9-13,16,19H,3-5,7-8,14-15H2,1-2H3,(H,27,29). The van der Waals surface area contributed by atoms with Crippen LogP contribution in [0.3, 0.4) is 0 Å². The molecule has 0 bridgehead atoms. The minimum Gasteiger partial charge on any atom is -0.467 e. The highest BCUT2D eigenvalue weighted by Crippen LogP contribution is 2.30. The van der Waals surface area contributed by atoms with E-state index in [1.165, 1.54) is 17.8 Å². The average Bonchev–Trinajstić information content (AvgIpc) is 3.46. The lowest BCUT2D eigenvalue weighted by Gasteiger charge is -2.27. The van der Waals surface area contributed by atoms with Crippen molar-refractivity contribution in [2.24, 2.45) is 5.92 Å². The van der Waals surface area contributed by atoms with Gasteiger partial charge in [0.25, 0.3) is 0 Å². The highest BCUT2D eigenvalue weighted by Gasteiger charge is 2.29. The minimum atomic E-state index is -0.120. The van der Waals surface area contributed by atoms with Crippen LogP contribution in [-0.4, -0.2) is 16.8 Å². The Morgan fingerprint density at radius 2 is 2.00 bits per heavy atom. The maximum absolute atomic E-state index is 13.3. The summed E-state index contributed by atoms with van der Waals surface area (Å²) >= 11 is 1.40. The summed E-state index contributed by atoms with van der Waals surface area (Å²) in [6.45, 7) is 4.36. The molecule has 1 fully saturated rings.